The monoisotopic (exact) mass is 1240 g/mol. The number of hydrogen-bond acceptors (Lipinski definition) is 18. The number of hydrogen-bond donors (Lipinski definition) is 0. The van der Waals surface area contributed by atoms with E-state index in [1.807, 2.05) is 164 Å². The van der Waals surface area contributed by atoms with Crippen molar-refractivity contribution in [1.29, 1.82) is 0 Å². The van der Waals surface area contributed by atoms with Gasteiger partial charge >= 0.3 is 0 Å². The van der Waals surface area contributed by atoms with E-state index in [-0.39, 0.29) is 0 Å². The van der Waals surface area contributed by atoms with Gasteiger partial charge in [-0.25, -0.2) is 0 Å². The van der Waals surface area contributed by atoms with E-state index in [0.29, 0.717) is 0 Å². The molecule has 0 unspecified atom stereocenters. The van der Waals surface area contributed by atoms with Crippen LogP contribution in [0.15, 0.2) is 83.6 Å². The molecule has 0 aromatic carbocycles. The molecule has 0 fully saturated rings. The average Bonchev–Trinajstić information content (AvgIpc) is 4.20. The zero-order valence-electron chi connectivity index (χ0n) is 39.1. The van der Waals surface area contributed by atoms with Gasteiger partial charge < -0.3 is 0 Å². The van der Waals surface area contributed by atoms with Gasteiger partial charge in [-0.15, -0.1) is 69.7 Å². The first-order valence-corrected chi connectivity index (χ1v) is 39.3. The minimum absolute atomic E-state index is 1.25. The fourth-order valence-corrected chi connectivity index (χ4v) is 33.9. The summed E-state index contributed by atoms with van der Waals surface area (Å²) in [5.41, 5.74) is 0. The zero-order chi connectivity index (χ0) is 46.9. The molecule has 368 valence electrons. The number of thiophene rings is 2. The summed E-state index contributed by atoms with van der Waals surface area (Å²) in [5.74, 6) is 4.98. The van der Waals surface area contributed by atoms with Gasteiger partial charge in [0.15, 0.2) is 0 Å². The molecule has 0 saturated carbocycles. The molecule has 68 heavy (non-hydrogen) atoms. The van der Waals surface area contributed by atoms with Crippen LogP contribution in [-0.2, 0) is 0 Å². The van der Waals surface area contributed by atoms with Crippen LogP contribution < -0.4 is 0 Å². The van der Waals surface area contributed by atoms with Crippen LogP contribution in [0.1, 0.15) is 150 Å². The molecule has 2 aromatic heterocycles. The molecule has 0 atom stereocenters. The highest BCUT2D eigenvalue weighted by atomic mass is 32.3. The van der Waals surface area contributed by atoms with Crippen LogP contribution in [0, 0.1) is 0 Å². The van der Waals surface area contributed by atoms with E-state index in [1.54, 1.807) is 16.9 Å². The van der Waals surface area contributed by atoms with E-state index in [9.17, 15) is 0 Å². The van der Waals surface area contributed by atoms with Gasteiger partial charge in [0.05, 0.1) is 59.3 Å². The van der Waals surface area contributed by atoms with Gasteiger partial charge in [-0.3, -0.25) is 0 Å². The Kier molecular flexibility index (Phi) is 26.1. The van der Waals surface area contributed by atoms with Crippen molar-refractivity contribution in [3.05, 3.63) is 103 Å². The molecule has 6 aliphatic rings. The molecule has 0 spiro atoms. The highest BCUT2D eigenvalue weighted by molar-refractivity contribution is 8.51. The van der Waals surface area contributed by atoms with Gasteiger partial charge in [0, 0.05) is 19.5 Å². The Morgan fingerprint density at radius 3 is 0.779 bits per heavy atom. The molecule has 0 N–H and O–H groups in total. The van der Waals surface area contributed by atoms with Gasteiger partial charge in [0.2, 0.25) is 0 Å². The fourth-order valence-electron chi connectivity index (χ4n) is 6.82. The van der Waals surface area contributed by atoms with E-state index >= 15 is 0 Å². The lowest BCUT2D eigenvalue weighted by molar-refractivity contribution is 0.707. The van der Waals surface area contributed by atoms with E-state index in [0.717, 1.165) is 0 Å². The topological polar surface area (TPSA) is 0 Å². The van der Waals surface area contributed by atoms with Crippen molar-refractivity contribution in [2.24, 2.45) is 0 Å². The van der Waals surface area contributed by atoms with Gasteiger partial charge in [0.1, 0.15) is 0 Å². The molecule has 0 amide bonds. The van der Waals surface area contributed by atoms with Gasteiger partial charge in [-0.05, 0) is 97.3 Å². The Bertz CT molecular complexity index is 2070. The molecule has 6 aliphatic heterocycles. The minimum Gasteiger partial charge on any atom is -0.136 e. The van der Waals surface area contributed by atoms with E-state index in [2.05, 4.69) is 123 Å². The largest absolute Gasteiger partial charge is 0.136 e. The lowest BCUT2D eigenvalue weighted by Gasteiger charge is -2.07. The average molecular weight is 1240 g/mol. The van der Waals surface area contributed by atoms with E-state index < -0.39 is 0 Å². The molecule has 0 radical (unpaired) electrons. The lowest BCUT2D eigenvalue weighted by atomic mass is 10.2. The number of rotatable bonds is 28. The first kappa shape index (κ1) is 56.9. The van der Waals surface area contributed by atoms with Gasteiger partial charge in [-0.2, -0.15) is 0 Å². The number of unbranched alkanes of at least 4 members (excludes halogenated alkanes) is 12. The summed E-state index contributed by atoms with van der Waals surface area (Å²) in [4.78, 5) is 5.44. The maximum atomic E-state index is 2.44. The Morgan fingerprint density at radius 2 is 0.529 bits per heavy atom. The lowest BCUT2D eigenvalue weighted by Crippen LogP contribution is -1.83. The third kappa shape index (κ3) is 17.9. The summed E-state index contributed by atoms with van der Waals surface area (Å²) in [5, 5.41) is 0. The molecule has 0 nitrogen and oxygen atoms in total. The maximum Gasteiger partial charge on any atom is 0.0718 e. The summed E-state index contributed by atoms with van der Waals surface area (Å²) in [7, 11) is 0. The van der Waals surface area contributed by atoms with Crippen molar-refractivity contribution in [2.45, 2.75) is 130 Å². The predicted molar refractivity (Wildman–Crippen MR) is 353 cm³/mol. The Morgan fingerprint density at radius 1 is 0.294 bits per heavy atom. The van der Waals surface area contributed by atoms with Crippen LogP contribution in [0.4, 0.5) is 0 Å². The molecule has 0 saturated heterocycles. The molecule has 8 rings (SSSR count). The minimum atomic E-state index is 1.25. The Labute approximate surface area is 485 Å². The van der Waals surface area contributed by atoms with Crippen molar-refractivity contribution < 1.29 is 0 Å². The van der Waals surface area contributed by atoms with Crippen LogP contribution >= 0.6 is 211 Å². The SMILES string of the molecule is CCCCCCSC1=C(SCCCCCC)SC(=Cc2ccc(C=C3SC4=C(S3)SC(=C3SC5=C(SC(=Cc6ccc(C=C7SC(SCCCCCC)=C(SCCCCCC)S7)s6)S5)S3)S4)s2)S1. The second-order valence-electron chi connectivity index (χ2n) is 16.1. The Balaban J connectivity index is 0.787. The first-order valence-electron chi connectivity index (χ1n) is 23.9. The van der Waals surface area contributed by atoms with Crippen molar-refractivity contribution >= 4 is 235 Å². The van der Waals surface area contributed by atoms with E-state index in [4.69, 9.17) is 0 Å². The quantitative estimate of drug-likeness (QED) is 0.0742. The normalized spacial score (nSPS) is 18.3. The molecule has 8 heterocycles. The fraction of sp³-hybridized carbons (Fsp3) is 0.480. The summed E-state index contributed by atoms with van der Waals surface area (Å²) < 4.78 is 20.7. The van der Waals surface area contributed by atoms with Crippen LogP contribution in [0.2, 0.25) is 0 Å². The first-order chi connectivity index (χ1) is 33.5. The predicted octanol–water partition coefficient (Wildman–Crippen LogP) is 25.5. The van der Waals surface area contributed by atoms with Crippen molar-refractivity contribution in [2.75, 3.05) is 23.0 Å². The third-order valence-corrected chi connectivity index (χ3v) is 35.0. The van der Waals surface area contributed by atoms with Crippen molar-refractivity contribution in [3.63, 3.8) is 0 Å². The molecular formula is C50H60S18. The summed E-state index contributed by atoms with van der Waals surface area (Å²) in [6.45, 7) is 9.22. The summed E-state index contributed by atoms with van der Waals surface area (Å²) >= 11 is 36.2. The van der Waals surface area contributed by atoms with Crippen LogP contribution in [0.5, 0.6) is 0 Å². The standard InChI is InChI=1S/C50H60S18/c1-5-9-13-17-25-51-41-42(52-26-18-14-10-6-2)58-37(57-41)29-33-21-23-35(55-33)31-39-61-45-46(62-39)66-49(65-45)50-67-47-48(68-50)64-40(63-47)32-36-24-22-34(56-36)30-38-59-43(53-27-19-15-11-7-3)44(60-38)54-28-20-16-12-8-4/h21-24,29-32H,5-20,25-28H2,1-4H3. The van der Waals surface area contributed by atoms with Crippen LogP contribution in [-0.4, -0.2) is 23.0 Å². The smallest absolute Gasteiger partial charge is 0.0718 e. The molecule has 2 aromatic rings. The van der Waals surface area contributed by atoms with Gasteiger partial charge in [-0.1, -0.05) is 246 Å². The van der Waals surface area contributed by atoms with Gasteiger partial charge in [0.25, 0.3) is 0 Å². The highest BCUT2D eigenvalue weighted by Crippen LogP contribution is 2.73. The second-order valence-corrected chi connectivity index (χ2v) is 38.9. The van der Waals surface area contributed by atoms with Crippen LogP contribution in [0.25, 0.3) is 24.3 Å². The zero-order valence-corrected chi connectivity index (χ0v) is 53.8. The summed E-state index contributed by atoms with van der Waals surface area (Å²) in [6.07, 6.45) is 31.1. The molecule has 0 bridgehead atoms. The van der Waals surface area contributed by atoms with Crippen molar-refractivity contribution in [1.82, 2.24) is 0 Å². The van der Waals surface area contributed by atoms with Crippen molar-refractivity contribution in [3.8, 4) is 0 Å². The summed E-state index contributed by atoms with van der Waals surface area (Å²) in [6, 6.07) is 9.29. The Hall–Kier alpha value is 2.66. The molecule has 0 aliphatic carbocycles. The van der Waals surface area contributed by atoms with Crippen LogP contribution in [0.3, 0.4) is 0 Å². The van der Waals surface area contributed by atoms with E-state index in [1.165, 1.54) is 188 Å². The second kappa shape index (κ2) is 31.2. The molecular weight excluding hydrogens is 1180 g/mol. The highest BCUT2D eigenvalue weighted by Gasteiger charge is 2.37. The third-order valence-electron chi connectivity index (χ3n) is 10.4. The molecule has 18 heteroatoms. The maximum absolute atomic E-state index is 2.44. The number of thioether (sulfide) groups is 16.